The van der Waals surface area contributed by atoms with Crippen LogP contribution in [-0.2, 0) is 18.0 Å². The summed E-state index contributed by atoms with van der Waals surface area (Å²) in [6, 6.07) is 12.7. The van der Waals surface area contributed by atoms with Gasteiger partial charge in [0, 0.05) is 34.1 Å². The fourth-order valence-corrected chi connectivity index (χ4v) is 4.48. The molecule has 0 saturated carbocycles. The smallest absolute Gasteiger partial charge is 0.407 e. The number of aliphatic hydroxyl groups is 1. The van der Waals surface area contributed by atoms with E-state index in [-0.39, 0.29) is 19.8 Å². The van der Waals surface area contributed by atoms with Crippen LogP contribution in [0.15, 0.2) is 53.3 Å². The van der Waals surface area contributed by atoms with E-state index < -0.39 is 12.1 Å². The first-order valence-electron chi connectivity index (χ1n) is 12.6. The molecular formula is C29H31BrClN3O5. The van der Waals surface area contributed by atoms with Gasteiger partial charge in [0.15, 0.2) is 0 Å². The molecule has 0 radical (unpaired) electrons. The Balaban J connectivity index is 1.94. The summed E-state index contributed by atoms with van der Waals surface area (Å²) in [6.07, 6.45) is 4.81. The Morgan fingerprint density at radius 2 is 2.00 bits per heavy atom. The molecule has 0 saturated heterocycles. The van der Waals surface area contributed by atoms with E-state index in [9.17, 15) is 10.1 Å². The number of carbonyl (C=O) groups excluding carboxylic acids is 1. The maximum absolute atomic E-state index is 12.4. The lowest BCUT2D eigenvalue weighted by atomic mass is 9.99. The second-order valence-corrected chi connectivity index (χ2v) is 10.1. The molecule has 8 nitrogen and oxygen atoms in total. The third kappa shape index (κ3) is 8.85. The highest BCUT2D eigenvalue weighted by Gasteiger charge is 2.22. The molecule has 1 atom stereocenters. The van der Waals surface area contributed by atoms with Crippen molar-refractivity contribution in [3.8, 4) is 17.6 Å². The zero-order valence-corrected chi connectivity index (χ0v) is 24.2. The van der Waals surface area contributed by atoms with Crippen LogP contribution < -0.4 is 14.8 Å². The average Bonchev–Trinajstić information content (AvgIpc) is 2.94. The molecule has 206 valence electrons. The Morgan fingerprint density at radius 3 is 2.74 bits per heavy atom. The fourth-order valence-electron chi connectivity index (χ4n) is 3.85. The van der Waals surface area contributed by atoms with Crippen LogP contribution in [0.4, 0.5) is 4.79 Å². The first kappa shape index (κ1) is 30.2. The van der Waals surface area contributed by atoms with Gasteiger partial charge >= 0.3 is 6.09 Å². The predicted octanol–water partition coefficient (Wildman–Crippen LogP) is 6.79. The summed E-state index contributed by atoms with van der Waals surface area (Å²) >= 11 is 10.2. The minimum atomic E-state index is -0.649. The Morgan fingerprint density at radius 1 is 1.21 bits per heavy atom. The molecule has 1 amide bonds. The van der Waals surface area contributed by atoms with Gasteiger partial charge in [-0.25, -0.2) is 4.79 Å². The molecule has 0 aliphatic rings. The quantitative estimate of drug-likeness (QED) is 0.217. The normalized spacial score (nSPS) is 11.4. The number of unbranched alkanes of at least 4 members (excludes halogenated alkanes) is 1. The van der Waals surface area contributed by atoms with E-state index in [2.05, 4.69) is 39.2 Å². The molecular weight excluding hydrogens is 586 g/mol. The third-order valence-electron chi connectivity index (χ3n) is 5.98. The Kier molecular flexibility index (Phi) is 11.9. The zero-order chi connectivity index (χ0) is 28.2. The van der Waals surface area contributed by atoms with Gasteiger partial charge in [-0.3, -0.25) is 4.98 Å². The van der Waals surface area contributed by atoms with E-state index in [1.807, 2.05) is 25.1 Å². The largest absolute Gasteiger partial charge is 0.488 e. The van der Waals surface area contributed by atoms with Crippen LogP contribution in [0.5, 0.6) is 11.5 Å². The number of nitrogens with zero attached hydrogens (tertiary/aromatic N) is 2. The SMILES string of the molecule is CCCCC(NC(=O)OCCO)c1cc(Cl)c(OCc2cccc(Br)c2C)cc1OCc1cncc(C#N)c1. The van der Waals surface area contributed by atoms with Crippen LogP contribution in [0.1, 0.15) is 60.0 Å². The highest BCUT2D eigenvalue weighted by molar-refractivity contribution is 9.10. The van der Waals surface area contributed by atoms with Crippen LogP contribution in [0, 0.1) is 18.3 Å². The van der Waals surface area contributed by atoms with Crippen LogP contribution in [-0.4, -0.2) is 29.4 Å². The summed E-state index contributed by atoms with van der Waals surface area (Å²) in [5, 5.41) is 21.5. The number of nitriles is 1. The highest BCUT2D eigenvalue weighted by atomic mass is 79.9. The number of pyridine rings is 1. The molecule has 1 aromatic heterocycles. The second-order valence-electron chi connectivity index (χ2n) is 8.81. The van der Waals surface area contributed by atoms with E-state index in [0.717, 1.165) is 28.4 Å². The average molecular weight is 617 g/mol. The van der Waals surface area contributed by atoms with Gasteiger partial charge < -0.3 is 24.6 Å². The number of carbonyl (C=O) groups is 1. The first-order valence-corrected chi connectivity index (χ1v) is 13.7. The van der Waals surface area contributed by atoms with E-state index in [0.29, 0.717) is 46.2 Å². The number of amides is 1. The van der Waals surface area contributed by atoms with Crippen LogP contribution in [0.3, 0.4) is 0 Å². The van der Waals surface area contributed by atoms with Crippen molar-refractivity contribution >= 4 is 33.6 Å². The van der Waals surface area contributed by atoms with E-state index in [1.165, 1.54) is 6.20 Å². The topological polar surface area (TPSA) is 114 Å². The van der Waals surface area contributed by atoms with Gasteiger partial charge in [0.1, 0.15) is 37.4 Å². The molecule has 0 aliphatic carbocycles. The molecule has 1 heterocycles. The molecule has 0 bridgehead atoms. The van der Waals surface area contributed by atoms with Crippen LogP contribution in [0.2, 0.25) is 5.02 Å². The van der Waals surface area contributed by atoms with Gasteiger partial charge in [-0.15, -0.1) is 0 Å². The highest BCUT2D eigenvalue weighted by Crippen LogP contribution is 2.38. The first-order chi connectivity index (χ1) is 18.9. The maximum Gasteiger partial charge on any atom is 0.407 e. The number of rotatable bonds is 13. The second kappa shape index (κ2) is 15.3. The molecule has 10 heteroatoms. The number of aromatic nitrogens is 1. The van der Waals surface area contributed by atoms with Gasteiger partial charge in [0.2, 0.25) is 0 Å². The van der Waals surface area contributed by atoms with Crippen molar-refractivity contribution in [2.75, 3.05) is 13.2 Å². The lowest BCUT2D eigenvalue weighted by molar-refractivity contribution is 0.115. The zero-order valence-electron chi connectivity index (χ0n) is 21.9. The van der Waals surface area contributed by atoms with Gasteiger partial charge in [-0.05, 0) is 42.7 Å². The molecule has 1 unspecified atom stereocenters. The van der Waals surface area contributed by atoms with Crippen molar-refractivity contribution in [3.05, 3.63) is 86.1 Å². The number of ether oxygens (including phenoxy) is 3. The number of alkyl carbamates (subject to hydrolysis) is 1. The minimum Gasteiger partial charge on any atom is -0.488 e. The van der Waals surface area contributed by atoms with E-state index in [4.69, 9.17) is 30.9 Å². The molecule has 2 aromatic carbocycles. The molecule has 0 aliphatic heterocycles. The van der Waals surface area contributed by atoms with Gasteiger partial charge in [-0.2, -0.15) is 5.26 Å². The number of benzene rings is 2. The molecule has 3 rings (SSSR count). The van der Waals surface area contributed by atoms with Crippen molar-refractivity contribution in [1.82, 2.24) is 10.3 Å². The monoisotopic (exact) mass is 615 g/mol. The van der Waals surface area contributed by atoms with Crippen molar-refractivity contribution in [1.29, 1.82) is 5.26 Å². The maximum atomic E-state index is 12.4. The number of nitrogens with one attached hydrogen (secondary N) is 1. The summed E-state index contributed by atoms with van der Waals surface area (Å²) in [6.45, 7) is 4.11. The minimum absolute atomic E-state index is 0.111. The predicted molar refractivity (Wildman–Crippen MR) is 152 cm³/mol. The summed E-state index contributed by atoms with van der Waals surface area (Å²) in [5.41, 5.74) is 3.86. The Bertz CT molecular complexity index is 1310. The standard InChI is InChI=1S/C29H31BrClN3O5/c1-3-4-8-26(34-29(36)37-10-9-35)23-12-25(31)28(39-18-22-6-5-7-24(30)19(22)2)13-27(23)38-17-21-11-20(14-32)15-33-16-21/h5-7,11-13,15-16,26,35H,3-4,8-10,17-18H2,1-2H3,(H,34,36). The molecule has 0 spiro atoms. The number of hydrogen-bond donors (Lipinski definition) is 2. The molecule has 2 N–H and O–H groups in total. The molecule has 0 fully saturated rings. The van der Waals surface area contributed by atoms with Gasteiger partial charge in [0.25, 0.3) is 0 Å². The number of aliphatic hydroxyl groups excluding tert-OH is 1. The number of hydrogen-bond acceptors (Lipinski definition) is 7. The third-order valence-corrected chi connectivity index (χ3v) is 7.14. The molecule has 3 aromatic rings. The van der Waals surface area contributed by atoms with E-state index >= 15 is 0 Å². The Hall–Kier alpha value is -3.32. The molecule has 39 heavy (non-hydrogen) atoms. The lowest BCUT2D eigenvalue weighted by Crippen LogP contribution is -2.30. The van der Waals surface area contributed by atoms with Crippen LogP contribution in [0.25, 0.3) is 0 Å². The van der Waals surface area contributed by atoms with Crippen molar-refractivity contribution < 1.29 is 24.1 Å². The van der Waals surface area contributed by atoms with Crippen LogP contribution >= 0.6 is 27.5 Å². The lowest BCUT2D eigenvalue weighted by Gasteiger charge is -2.23. The fraction of sp³-hybridized carbons (Fsp3) is 0.345. The Labute approximate surface area is 242 Å². The van der Waals surface area contributed by atoms with Gasteiger partial charge in [0.05, 0.1) is 23.2 Å². The summed E-state index contributed by atoms with van der Waals surface area (Å²) in [7, 11) is 0. The van der Waals surface area contributed by atoms with Gasteiger partial charge in [-0.1, -0.05) is 59.4 Å². The van der Waals surface area contributed by atoms with Crippen molar-refractivity contribution in [2.45, 2.75) is 52.4 Å². The summed E-state index contributed by atoms with van der Waals surface area (Å²) < 4.78 is 18.3. The van der Waals surface area contributed by atoms with E-state index in [1.54, 1.807) is 24.4 Å². The number of halogens is 2. The summed E-state index contributed by atoms with van der Waals surface area (Å²) in [5.74, 6) is 0.891. The van der Waals surface area contributed by atoms with Crippen molar-refractivity contribution in [2.24, 2.45) is 0 Å². The summed E-state index contributed by atoms with van der Waals surface area (Å²) in [4.78, 5) is 16.5. The van der Waals surface area contributed by atoms with Crippen molar-refractivity contribution in [3.63, 3.8) is 0 Å².